The number of rotatable bonds is 6. The highest BCUT2D eigenvalue weighted by Gasteiger charge is 2.35. The Morgan fingerprint density at radius 3 is 2.62 bits per heavy atom. The van der Waals surface area contributed by atoms with E-state index >= 15 is 0 Å². The summed E-state index contributed by atoms with van der Waals surface area (Å²) in [6.07, 6.45) is 3.69. The second kappa shape index (κ2) is 9.22. The Labute approximate surface area is 187 Å². The summed E-state index contributed by atoms with van der Waals surface area (Å²) in [6.45, 7) is 4.21. The predicted molar refractivity (Wildman–Crippen MR) is 123 cm³/mol. The summed E-state index contributed by atoms with van der Waals surface area (Å²) in [6, 6.07) is 12.2. The number of aliphatic hydroxyl groups is 1. The lowest BCUT2D eigenvalue weighted by molar-refractivity contribution is 0.161. The fourth-order valence-electron chi connectivity index (χ4n) is 4.42. The molecule has 2 aromatic carbocycles. The number of aromatic nitrogens is 2. The van der Waals surface area contributed by atoms with Crippen LogP contribution in [0.5, 0.6) is 11.5 Å². The van der Waals surface area contributed by atoms with Crippen molar-refractivity contribution >= 4 is 5.82 Å². The molecule has 1 aliphatic rings. The van der Waals surface area contributed by atoms with Crippen LogP contribution in [0.4, 0.5) is 10.2 Å². The average Bonchev–Trinajstić information content (AvgIpc) is 3.12. The SMILES string of the molecule is CC(C)c1ccccc1-c1cc(F)ccc1Oc1cncnc1N(C)[C@H]1C[C@@H](N)C[C@H]1O. The Kier molecular flexibility index (Phi) is 6.39. The van der Waals surface area contributed by atoms with Gasteiger partial charge in [0.2, 0.25) is 0 Å². The lowest BCUT2D eigenvalue weighted by Crippen LogP contribution is -2.38. The number of hydrogen-bond acceptors (Lipinski definition) is 6. The van der Waals surface area contributed by atoms with Crippen molar-refractivity contribution in [3.63, 3.8) is 0 Å². The highest BCUT2D eigenvalue weighted by Crippen LogP contribution is 2.40. The molecule has 3 N–H and O–H groups in total. The first-order chi connectivity index (χ1) is 15.3. The number of nitrogens with two attached hydrogens (primary N) is 1. The van der Waals surface area contributed by atoms with E-state index in [0.29, 0.717) is 35.7 Å². The average molecular weight is 437 g/mol. The fraction of sp³-hybridized carbons (Fsp3) is 0.360. The third-order valence-corrected chi connectivity index (χ3v) is 6.06. The van der Waals surface area contributed by atoms with Crippen LogP contribution in [0, 0.1) is 5.82 Å². The molecule has 0 spiro atoms. The quantitative estimate of drug-likeness (QED) is 0.593. The van der Waals surface area contributed by atoms with Crippen LogP contribution in [0.3, 0.4) is 0 Å². The number of aliphatic hydroxyl groups excluding tert-OH is 1. The molecule has 3 aromatic rings. The zero-order valence-electron chi connectivity index (χ0n) is 18.6. The minimum Gasteiger partial charge on any atom is -0.451 e. The van der Waals surface area contributed by atoms with E-state index in [1.54, 1.807) is 12.3 Å². The van der Waals surface area contributed by atoms with Crippen LogP contribution in [0.2, 0.25) is 0 Å². The lowest BCUT2D eigenvalue weighted by Gasteiger charge is -2.29. The van der Waals surface area contributed by atoms with Gasteiger partial charge in [0.25, 0.3) is 0 Å². The Hall–Kier alpha value is -3.03. The minimum absolute atomic E-state index is 0.0557. The van der Waals surface area contributed by atoms with E-state index in [4.69, 9.17) is 10.5 Å². The van der Waals surface area contributed by atoms with Gasteiger partial charge in [0, 0.05) is 18.7 Å². The molecule has 32 heavy (non-hydrogen) atoms. The number of ether oxygens (including phenoxy) is 1. The number of hydrogen-bond donors (Lipinski definition) is 2. The molecule has 0 radical (unpaired) electrons. The van der Waals surface area contributed by atoms with Crippen LogP contribution in [-0.4, -0.2) is 40.3 Å². The van der Waals surface area contributed by atoms with Crippen LogP contribution >= 0.6 is 0 Å². The third-order valence-electron chi connectivity index (χ3n) is 6.06. The highest BCUT2D eigenvalue weighted by atomic mass is 19.1. The number of likely N-dealkylation sites (N-methyl/N-ethyl adjacent to an activating group) is 1. The van der Waals surface area contributed by atoms with Crippen LogP contribution in [0.15, 0.2) is 55.0 Å². The maximum atomic E-state index is 14.3. The van der Waals surface area contributed by atoms with E-state index in [0.717, 1.165) is 11.1 Å². The molecule has 0 unspecified atom stereocenters. The molecule has 1 saturated carbocycles. The van der Waals surface area contributed by atoms with E-state index < -0.39 is 6.10 Å². The Balaban J connectivity index is 1.73. The van der Waals surface area contributed by atoms with Crippen LogP contribution in [0.25, 0.3) is 11.1 Å². The largest absolute Gasteiger partial charge is 0.451 e. The van der Waals surface area contributed by atoms with Gasteiger partial charge in [-0.15, -0.1) is 0 Å². The molecule has 168 valence electrons. The molecular formula is C25H29FN4O2. The molecule has 0 bridgehead atoms. The molecule has 0 saturated heterocycles. The maximum Gasteiger partial charge on any atom is 0.188 e. The van der Waals surface area contributed by atoms with Crippen molar-refractivity contribution in [2.24, 2.45) is 5.73 Å². The Morgan fingerprint density at radius 1 is 1.12 bits per heavy atom. The molecule has 1 heterocycles. The number of anilines is 1. The van der Waals surface area contributed by atoms with E-state index in [9.17, 15) is 9.50 Å². The molecule has 7 heteroatoms. The molecule has 4 rings (SSSR count). The maximum absolute atomic E-state index is 14.3. The second-order valence-corrected chi connectivity index (χ2v) is 8.67. The zero-order valence-corrected chi connectivity index (χ0v) is 18.6. The molecule has 1 aliphatic carbocycles. The Morgan fingerprint density at radius 2 is 1.91 bits per heavy atom. The van der Waals surface area contributed by atoms with Crippen LogP contribution in [-0.2, 0) is 0 Å². The third kappa shape index (κ3) is 4.45. The van der Waals surface area contributed by atoms with Crippen molar-refractivity contribution in [1.82, 2.24) is 9.97 Å². The second-order valence-electron chi connectivity index (χ2n) is 8.67. The molecule has 0 aliphatic heterocycles. The summed E-state index contributed by atoms with van der Waals surface area (Å²) >= 11 is 0. The van der Waals surface area contributed by atoms with Crippen molar-refractivity contribution in [1.29, 1.82) is 0 Å². The molecule has 6 nitrogen and oxygen atoms in total. The monoisotopic (exact) mass is 436 g/mol. The molecule has 3 atom stereocenters. The van der Waals surface area contributed by atoms with E-state index in [2.05, 4.69) is 23.8 Å². The van der Waals surface area contributed by atoms with Gasteiger partial charge in [-0.05, 0) is 48.1 Å². The predicted octanol–water partition coefficient (Wildman–Crippen LogP) is 4.49. The van der Waals surface area contributed by atoms with Gasteiger partial charge in [0.15, 0.2) is 11.6 Å². The van der Waals surface area contributed by atoms with Crippen molar-refractivity contribution in [3.05, 3.63) is 66.4 Å². The summed E-state index contributed by atoms with van der Waals surface area (Å²) in [5, 5.41) is 10.4. The molecule has 0 amide bonds. The first-order valence-electron chi connectivity index (χ1n) is 10.9. The zero-order chi connectivity index (χ0) is 22.8. The summed E-state index contributed by atoms with van der Waals surface area (Å²) < 4.78 is 20.5. The van der Waals surface area contributed by atoms with Crippen LogP contribution < -0.4 is 15.4 Å². The van der Waals surface area contributed by atoms with Gasteiger partial charge >= 0.3 is 0 Å². The van der Waals surface area contributed by atoms with Gasteiger partial charge in [-0.2, -0.15) is 0 Å². The minimum atomic E-state index is -0.544. The van der Waals surface area contributed by atoms with E-state index in [-0.39, 0.29) is 23.8 Å². The highest BCUT2D eigenvalue weighted by molar-refractivity contribution is 5.74. The standard InChI is InChI=1S/C25H29FN4O2/c1-15(2)18-6-4-5-7-19(18)20-10-16(26)8-9-23(20)32-24-13-28-14-29-25(24)30(3)21-11-17(27)12-22(21)31/h4-10,13-15,17,21-22,31H,11-12,27H2,1-3H3/t17-,21+,22-/m1/s1. The van der Waals surface area contributed by atoms with Gasteiger partial charge in [-0.25, -0.2) is 14.4 Å². The summed E-state index contributed by atoms with van der Waals surface area (Å²) in [7, 11) is 1.86. The van der Waals surface area contributed by atoms with Crippen LogP contribution in [0.1, 0.15) is 38.2 Å². The van der Waals surface area contributed by atoms with Crippen molar-refractivity contribution in [2.75, 3.05) is 11.9 Å². The van der Waals surface area contributed by atoms with Crippen molar-refractivity contribution in [3.8, 4) is 22.6 Å². The lowest BCUT2D eigenvalue weighted by atomic mass is 9.92. The number of benzene rings is 2. The van der Waals surface area contributed by atoms with E-state index in [1.807, 2.05) is 36.2 Å². The van der Waals surface area contributed by atoms with Gasteiger partial charge in [-0.3, -0.25) is 0 Å². The smallest absolute Gasteiger partial charge is 0.188 e. The Bertz CT molecular complexity index is 1090. The van der Waals surface area contributed by atoms with Crippen molar-refractivity contribution < 1.29 is 14.2 Å². The van der Waals surface area contributed by atoms with Crippen molar-refractivity contribution in [2.45, 2.75) is 50.8 Å². The van der Waals surface area contributed by atoms with Gasteiger partial charge in [0.1, 0.15) is 17.9 Å². The summed E-state index contributed by atoms with van der Waals surface area (Å²) in [5.74, 6) is 1.41. The normalized spacial score (nSPS) is 20.5. The van der Waals surface area contributed by atoms with Gasteiger partial charge < -0.3 is 20.5 Å². The fourth-order valence-corrected chi connectivity index (χ4v) is 4.42. The number of halogens is 1. The van der Waals surface area contributed by atoms with Gasteiger partial charge in [-0.1, -0.05) is 38.1 Å². The molecule has 1 fully saturated rings. The topological polar surface area (TPSA) is 84.5 Å². The summed E-state index contributed by atoms with van der Waals surface area (Å²) in [5.41, 5.74) is 8.73. The molecule has 1 aromatic heterocycles. The van der Waals surface area contributed by atoms with Gasteiger partial charge in [0.05, 0.1) is 18.3 Å². The summed E-state index contributed by atoms with van der Waals surface area (Å²) in [4.78, 5) is 10.4. The first-order valence-corrected chi connectivity index (χ1v) is 10.9. The first kappa shape index (κ1) is 22.2. The molecular weight excluding hydrogens is 407 g/mol. The van der Waals surface area contributed by atoms with E-state index in [1.165, 1.54) is 18.5 Å². The number of nitrogens with zero attached hydrogens (tertiary/aromatic N) is 3.